The first-order chi connectivity index (χ1) is 10.3. The van der Waals surface area contributed by atoms with Gasteiger partial charge >= 0.3 is 6.18 Å². The molecule has 8 heteroatoms. The number of aliphatic hydroxyl groups excluding tert-OH is 1. The van der Waals surface area contributed by atoms with Crippen molar-refractivity contribution in [3.8, 4) is 0 Å². The fraction of sp³-hybridized carbons (Fsp3) is 0.357. The van der Waals surface area contributed by atoms with Gasteiger partial charge in [0.25, 0.3) is 0 Å². The second-order valence-corrected chi connectivity index (χ2v) is 6.42. The SMILES string of the molecule is CC(O)C1=C(c2ccc(Cl)c(C(F)(F)F)c2)N2CCN=C2S1. The van der Waals surface area contributed by atoms with Gasteiger partial charge < -0.3 is 10.0 Å². The number of rotatable bonds is 2. The van der Waals surface area contributed by atoms with Crippen LogP contribution in [0.25, 0.3) is 5.70 Å². The molecular weight excluding hydrogens is 337 g/mol. The molecule has 0 bridgehead atoms. The summed E-state index contributed by atoms with van der Waals surface area (Å²) >= 11 is 6.97. The summed E-state index contributed by atoms with van der Waals surface area (Å²) in [7, 11) is 0. The molecule has 118 valence electrons. The van der Waals surface area contributed by atoms with Crippen molar-refractivity contribution in [3.63, 3.8) is 0 Å². The summed E-state index contributed by atoms with van der Waals surface area (Å²) in [6.07, 6.45) is -5.30. The Hall–Kier alpha value is -1.18. The summed E-state index contributed by atoms with van der Waals surface area (Å²) in [5.74, 6) is 0. The molecule has 1 N–H and O–H groups in total. The van der Waals surface area contributed by atoms with Crippen LogP contribution in [0.4, 0.5) is 13.2 Å². The van der Waals surface area contributed by atoms with Gasteiger partial charge in [0, 0.05) is 11.4 Å². The zero-order chi connectivity index (χ0) is 16.1. The Morgan fingerprint density at radius 3 is 2.77 bits per heavy atom. The van der Waals surface area contributed by atoms with Crippen molar-refractivity contribution in [3.05, 3.63) is 39.3 Å². The first-order valence-corrected chi connectivity index (χ1v) is 7.77. The smallest absolute Gasteiger partial charge is 0.388 e. The lowest BCUT2D eigenvalue weighted by Gasteiger charge is -2.19. The van der Waals surface area contributed by atoms with Gasteiger partial charge in [0.15, 0.2) is 5.17 Å². The Morgan fingerprint density at radius 1 is 1.41 bits per heavy atom. The molecule has 0 aliphatic carbocycles. The van der Waals surface area contributed by atoms with Crippen LogP contribution in [0.5, 0.6) is 0 Å². The Morgan fingerprint density at radius 2 is 2.14 bits per heavy atom. The van der Waals surface area contributed by atoms with E-state index in [-0.39, 0.29) is 5.02 Å². The Bertz CT molecular complexity index is 685. The summed E-state index contributed by atoms with van der Waals surface area (Å²) in [6.45, 7) is 2.78. The second kappa shape index (κ2) is 5.47. The molecule has 0 aromatic heterocycles. The van der Waals surface area contributed by atoms with Crippen molar-refractivity contribution in [1.82, 2.24) is 4.90 Å². The van der Waals surface area contributed by atoms with Crippen molar-refractivity contribution in [1.29, 1.82) is 0 Å². The highest BCUT2D eigenvalue weighted by Gasteiger charge is 2.37. The van der Waals surface area contributed by atoms with Crippen LogP contribution in [0, 0.1) is 0 Å². The Kier molecular flexibility index (Phi) is 3.91. The van der Waals surface area contributed by atoms with Gasteiger partial charge in [-0.05, 0) is 24.6 Å². The van der Waals surface area contributed by atoms with Crippen LogP contribution in [-0.2, 0) is 6.18 Å². The molecule has 0 fully saturated rings. The third kappa shape index (κ3) is 2.61. The number of hydrogen-bond acceptors (Lipinski definition) is 4. The van der Waals surface area contributed by atoms with Crippen LogP contribution in [0.1, 0.15) is 18.1 Å². The lowest BCUT2D eigenvalue weighted by Crippen LogP contribution is -2.21. The second-order valence-electron chi connectivity index (χ2n) is 5.00. The molecule has 0 saturated heterocycles. The van der Waals surface area contributed by atoms with Gasteiger partial charge in [-0.2, -0.15) is 13.2 Å². The number of thioether (sulfide) groups is 1. The van der Waals surface area contributed by atoms with Crippen LogP contribution < -0.4 is 0 Å². The highest BCUT2D eigenvalue weighted by atomic mass is 35.5. The standard InChI is InChI=1S/C14H12ClF3N2OS/c1-7(21)12-11(20-5-4-19-13(20)22-12)8-2-3-10(15)9(6-8)14(16,17)18/h2-3,6-7,21H,4-5H2,1H3. The number of halogens is 4. The number of hydrogen-bond donors (Lipinski definition) is 1. The number of amidine groups is 1. The maximum absolute atomic E-state index is 13.0. The van der Waals surface area contributed by atoms with Crippen LogP contribution in [-0.4, -0.2) is 34.4 Å². The molecule has 1 aromatic rings. The van der Waals surface area contributed by atoms with E-state index in [4.69, 9.17) is 11.6 Å². The van der Waals surface area contributed by atoms with Gasteiger partial charge in [-0.3, -0.25) is 4.99 Å². The molecule has 3 rings (SSSR count). The maximum Gasteiger partial charge on any atom is 0.417 e. The van der Waals surface area contributed by atoms with E-state index < -0.39 is 17.8 Å². The van der Waals surface area contributed by atoms with Gasteiger partial charge in [-0.15, -0.1) is 0 Å². The van der Waals surface area contributed by atoms with Crippen LogP contribution in [0.2, 0.25) is 5.02 Å². The fourth-order valence-electron chi connectivity index (χ4n) is 2.47. The minimum Gasteiger partial charge on any atom is -0.388 e. The molecule has 0 amide bonds. The van der Waals surface area contributed by atoms with E-state index in [2.05, 4.69) is 4.99 Å². The lowest BCUT2D eigenvalue weighted by molar-refractivity contribution is -0.137. The number of nitrogens with zero attached hydrogens (tertiary/aromatic N) is 2. The van der Waals surface area contributed by atoms with Gasteiger partial charge in [0.05, 0.1) is 28.9 Å². The van der Waals surface area contributed by atoms with E-state index in [0.717, 1.165) is 11.2 Å². The molecule has 0 spiro atoms. The molecule has 0 radical (unpaired) electrons. The summed E-state index contributed by atoms with van der Waals surface area (Å²) in [6, 6.07) is 3.81. The summed E-state index contributed by atoms with van der Waals surface area (Å²) in [4.78, 5) is 6.75. The normalized spacial score (nSPS) is 19.5. The molecule has 22 heavy (non-hydrogen) atoms. The number of fused-ring (bicyclic) bond motifs is 1. The molecule has 2 heterocycles. The first-order valence-electron chi connectivity index (χ1n) is 6.58. The van der Waals surface area contributed by atoms with E-state index in [9.17, 15) is 18.3 Å². The average Bonchev–Trinajstić information content (AvgIpc) is 2.98. The van der Waals surface area contributed by atoms with Gasteiger partial charge in [0.1, 0.15) is 0 Å². The Balaban J connectivity index is 2.13. The van der Waals surface area contributed by atoms with Crippen LogP contribution >= 0.6 is 23.4 Å². The highest BCUT2D eigenvalue weighted by Crippen LogP contribution is 2.45. The Labute approximate surface area is 134 Å². The van der Waals surface area contributed by atoms with E-state index >= 15 is 0 Å². The van der Waals surface area contributed by atoms with Crippen molar-refractivity contribution in [2.45, 2.75) is 19.2 Å². The van der Waals surface area contributed by atoms with Crippen LogP contribution in [0.15, 0.2) is 28.1 Å². The average molecular weight is 349 g/mol. The zero-order valence-electron chi connectivity index (χ0n) is 11.5. The first kappa shape index (κ1) is 15.7. The molecular formula is C14H12ClF3N2OS. The number of alkyl halides is 3. The van der Waals surface area contributed by atoms with E-state index in [1.54, 1.807) is 6.92 Å². The summed E-state index contributed by atoms with van der Waals surface area (Å²) in [5, 5.41) is 10.3. The minimum atomic E-state index is -4.52. The molecule has 1 aromatic carbocycles. The summed E-state index contributed by atoms with van der Waals surface area (Å²) in [5.41, 5.74) is 0.0873. The predicted octanol–water partition coefficient (Wildman–Crippen LogP) is 3.83. The van der Waals surface area contributed by atoms with E-state index in [0.29, 0.717) is 29.3 Å². The minimum absolute atomic E-state index is 0.337. The lowest BCUT2D eigenvalue weighted by atomic mass is 10.1. The molecule has 0 saturated carbocycles. The molecule has 1 atom stereocenters. The quantitative estimate of drug-likeness (QED) is 0.882. The summed E-state index contributed by atoms with van der Waals surface area (Å²) < 4.78 is 39.1. The number of aliphatic imine (C=N–C) groups is 1. The van der Waals surface area contributed by atoms with Crippen LogP contribution in [0.3, 0.4) is 0 Å². The maximum atomic E-state index is 13.0. The van der Waals surface area contributed by atoms with Crippen molar-refractivity contribution in [2.24, 2.45) is 4.99 Å². The highest BCUT2D eigenvalue weighted by molar-refractivity contribution is 8.17. The molecule has 1 unspecified atom stereocenters. The number of aliphatic hydroxyl groups is 1. The monoisotopic (exact) mass is 348 g/mol. The van der Waals surface area contributed by atoms with Gasteiger partial charge in [0.2, 0.25) is 0 Å². The third-order valence-corrected chi connectivity index (χ3v) is 5.05. The van der Waals surface area contributed by atoms with E-state index in [1.165, 1.54) is 23.9 Å². The topological polar surface area (TPSA) is 35.8 Å². The third-order valence-electron chi connectivity index (χ3n) is 3.43. The predicted molar refractivity (Wildman–Crippen MR) is 81.7 cm³/mol. The molecule has 2 aliphatic heterocycles. The fourth-order valence-corrected chi connectivity index (χ4v) is 3.84. The van der Waals surface area contributed by atoms with Gasteiger partial charge in [-0.1, -0.05) is 29.4 Å². The van der Waals surface area contributed by atoms with Gasteiger partial charge in [-0.25, -0.2) is 0 Å². The van der Waals surface area contributed by atoms with Crippen molar-refractivity contribution < 1.29 is 18.3 Å². The van der Waals surface area contributed by atoms with E-state index in [1.807, 2.05) is 4.90 Å². The van der Waals surface area contributed by atoms with Crippen molar-refractivity contribution >= 4 is 34.2 Å². The number of benzene rings is 1. The van der Waals surface area contributed by atoms with Crippen molar-refractivity contribution in [2.75, 3.05) is 13.1 Å². The molecule has 3 nitrogen and oxygen atoms in total. The molecule has 2 aliphatic rings. The largest absolute Gasteiger partial charge is 0.417 e. The zero-order valence-corrected chi connectivity index (χ0v) is 13.1.